The zero-order chi connectivity index (χ0) is 21.5. The van der Waals surface area contributed by atoms with Gasteiger partial charge in [-0.15, -0.1) is 0 Å². The van der Waals surface area contributed by atoms with Crippen molar-refractivity contribution >= 4 is 5.97 Å². The van der Waals surface area contributed by atoms with Crippen molar-refractivity contribution in [2.75, 3.05) is 13.2 Å². The number of rotatable bonds is 11. The molecule has 2 aliphatic rings. The lowest BCUT2D eigenvalue weighted by Crippen LogP contribution is -2.28. The zero-order valence-electron chi connectivity index (χ0n) is 18.5. The SMILES string of the molecule is CCCCCC(O)CCC1C(O)CC2Cc3c(cccc3OCC(=O)OCC)CC21. The average molecular weight is 419 g/mol. The Kier molecular flexibility index (Phi) is 8.58. The van der Waals surface area contributed by atoms with Crippen LogP contribution in [0.15, 0.2) is 18.2 Å². The lowest BCUT2D eigenvalue weighted by molar-refractivity contribution is -0.145. The summed E-state index contributed by atoms with van der Waals surface area (Å²) in [6.07, 6.45) is 8.06. The van der Waals surface area contributed by atoms with Gasteiger partial charge in [0.1, 0.15) is 5.75 Å². The van der Waals surface area contributed by atoms with E-state index in [-0.39, 0.29) is 30.7 Å². The molecule has 5 heteroatoms. The van der Waals surface area contributed by atoms with Crippen LogP contribution in [0.5, 0.6) is 5.75 Å². The Labute approximate surface area is 180 Å². The predicted octanol–water partition coefficient (Wildman–Crippen LogP) is 4.06. The van der Waals surface area contributed by atoms with E-state index >= 15 is 0 Å². The summed E-state index contributed by atoms with van der Waals surface area (Å²) >= 11 is 0. The summed E-state index contributed by atoms with van der Waals surface area (Å²) in [6.45, 7) is 4.25. The van der Waals surface area contributed by atoms with Crippen molar-refractivity contribution in [3.05, 3.63) is 29.3 Å². The first-order chi connectivity index (χ1) is 14.5. The van der Waals surface area contributed by atoms with Crippen LogP contribution in [-0.2, 0) is 22.4 Å². The van der Waals surface area contributed by atoms with E-state index in [4.69, 9.17) is 9.47 Å². The van der Waals surface area contributed by atoms with Gasteiger partial charge in [0.2, 0.25) is 0 Å². The molecule has 1 aromatic carbocycles. The molecule has 3 rings (SSSR count). The molecule has 2 N–H and O–H groups in total. The zero-order valence-corrected chi connectivity index (χ0v) is 18.5. The van der Waals surface area contributed by atoms with Crippen LogP contribution in [0, 0.1) is 17.8 Å². The third-order valence-electron chi connectivity index (χ3n) is 6.97. The normalized spacial score (nSPS) is 26.0. The highest BCUT2D eigenvalue weighted by molar-refractivity contribution is 5.71. The lowest BCUT2D eigenvalue weighted by atomic mass is 9.73. The van der Waals surface area contributed by atoms with Crippen molar-refractivity contribution in [3.8, 4) is 5.75 Å². The maximum Gasteiger partial charge on any atom is 0.344 e. The molecule has 0 aliphatic heterocycles. The maximum absolute atomic E-state index is 11.7. The van der Waals surface area contributed by atoms with Gasteiger partial charge in [-0.2, -0.15) is 0 Å². The summed E-state index contributed by atoms with van der Waals surface area (Å²) in [4.78, 5) is 11.7. The minimum Gasteiger partial charge on any atom is -0.482 e. The van der Waals surface area contributed by atoms with Gasteiger partial charge in [-0.05, 0) is 80.4 Å². The molecular weight excluding hydrogens is 380 g/mol. The number of carbonyl (C=O) groups is 1. The standard InChI is InChI=1S/C25H38O5/c1-3-5-6-9-19(26)11-12-20-21-13-17-8-7-10-24(30-16-25(28)29-4-2)22(17)14-18(21)15-23(20)27/h7-8,10,18-21,23,26-27H,3-6,9,11-16H2,1-2H3. The van der Waals surface area contributed by atoms with Crippen LogP contribution in [-0.4, -0.2) is 41.6 Å². The Bertz CT molecular complexity index is 688. The van der Waals surface area contributed by atoms with Gasteiger partial charge < -0.3 is 19.7 Å². The highest BCUT2D eigenvalue weighted by atomic mass is 16.6. The van der Waals surface area contributed by atoms with Crippen molar-refractivity contribution in [2.45, 2.75) is 83.8 Å². The summed E-state index contributed by atoms with van der Waals surface area (Å²) in [6, 6.07) is 6.05. The number of unbranched alkanes of at least 4 members (excludes halogenated alkanes) is 2. The Balaban J connectivity index is 1.60. The van der Waals surface area contributed by atoms with Crippen LogP contribution >= 0.6 is 0 Å². The number of aliphatic hydroxyl groups is 2. The van der Waals surface area contributed by atoms with Gasteiger partial charge in [-0.25, -0.2) is 4.79 Å². The number of carbonyl (C=O) groups excluding carboxylic acids is 1. The van der Waals surface area contributed by atoms with Crippen LogP contribution in [0.25, 0.3) is 0 Å². The summed E-state index contributed by atoms with van der Waals surface area (Å²) in [5.41, 5.74) is 2.44. The van der Waals surface area contributed by atoms with Gasteiger partial charge in [-0.3, -0.25) is 0 Å². The molecule has 30 heavy (non-hydrogen) atoms. The highest BCUT2D eigenvalue weighted by Gasteiger charge is 2.44. The van der Waals surface area contributed by atoms with Crippen LogP contribution in [0.2, 0.25) is 0 Å². The van der Waals surface area contributed by atoms with E-state index in [1.54, 1.807) is 6.92 Å². The number of benzene rings is 1. The summed E-state index contributed by atoms with van der Waals surface area (Å²) in [5.74, 6) is 1.56. The molecule has 0 radical (unpaired) electrons. The summed E-state index contributed by atoms with van der Waals surface area (Å²) in [5, 5.41) is 21.1. The van der Waals surface area contributed by atoms with Gasteiger partial charge in [0, 0.05) is 0 Å². The fraction of sp³-hybridized carbons (Fsp3) is 0.720. The maximum atomic E-state index is 11.7. The fourth-order valence-electron chi connectivity index (χ4n) is 5.44. The van der Waals surface area contributed by atoms with Gasteiger partial charge >= 0.3 is 5.97 Å². The Hall–Kier alpha value is -1.59. The number of hydrogen-bond donors (Lipinski definition) is 2. The monoisotopic (exact) mass is 418 g/mol. The largest absolute Gasteiger partial charge is 0.482 e. The Morgan fingerprint density at radius 3 is 2.80 bits per heavy atom. The molecule has 0 spiro atoms. The van der Waals surface area contributed by atoms with E-state index in [2.05, 4.69) is 13.0 Å². The first kappa shape index (κ1) is 23.1. The molecule has 0 bridgehead atoms. The number of hydrogen-bond acceptors (Lipinski definition) is 5. The molecule has 2 aliphatic carbocycles. The summed E-state index contributed by atoms with van der Waals surface area (Å²) < 4.78 is 10.7. The molecule has 1 fully saturated rings. The van der Waals surface area contributed by atoms with E-state index < -0.39 is 0 Å². The second-order valence-corrected chi connectivity index (χ2v) is 9.01. The van der Waals surface area contributed by atoms with E-state index in [9.17, 15) is 15.0 Å². The molecule has 168 valence electrons. The molecule has 1 saturated carbocycles. The van der Waals surface area contributed by atoms with Crippen molar-refractivity contribution in [1.82, 2.24) is 0 Å². The van der Waals surface area contributed by atoms with Crippen LogP contribution in [0.4, 0.5) is 0 Å². The van der Waals surface area contributed by atoms with E-state index in [0.29, 0.717) is 18.4 Å². The molecule has 5 nitrogen and oxygen atoms in total. The van der Waals surface area contributed by atoms with E-state index in [0.717, 1.165) is 50.7 Å². The molecule has 0 saturated heterocycles. The quantitative estimate of drug-likeness (QED) is 0.419. The topological polar surface area (TPSA) is 76.0 Å². The number of fused-ring (bicyclic) bond motifs is 2. The Morgan fingerprint density at radius 2 is 2.03 bits per heavy atom. The molecule has 0 amide bonds. The minimum absolute atomic E-state index is 0.0699. The van der Waals surface area contributed by atoms with Crippen molar-refractivity contribution in [1.29, 1.82) is 0 Å². The first-order valence-corrected chi connectivity index (χ1v) is 11.8. The fourth-order valence-corrected chi connectivity index (χ4v) is 5.44. The van der Waals surface area contributed by atoms with Crippen molar-refractivity contribution in [3.63, 3.8) is 0 Å². The molecule has 5 unspecified atom stereocenters. The molecular formula is C25H38O5. The van der Waals surface area contributed by atoms with Crippen LogP contribution < -0.4 is 4.74 Å². The van der Waals surface area contributed by atoms with Crippen LogP contribution in [0.1, 0.15) is 69.9 Å². The van der Waals surface area contributed by atoms with E-state index in [1.165, 1.54) is 24.0 Å². The number of esters is 1. The number of aliphatic hydroxyl groups excluding tert-OH is 2. The smallest absolute Gasteiger partial charge is 0.344 e. The second kappa shape index (κ2) is 11.1. The third kappa shape index (κ3) is 5.76. The third-order valence-corrected chi connectivity index (χ3v) is 6.97. The predicted molar refractivity (Wildman–Crippen MR) is 116 cm³/mol. The molecule has 1 aromatic rings. The highest BCUT2D eigenvalue weighted by Crippen LogP contribution is 2.48. The van der Waals surface area contributed by atoms with Gasteiger partial charge in [0.05, 0.1) is 18.8 Å². The summed E-state index contributed by atoms with van der Waals surface area (Å²) in [7, 11) is 0. The van der Waals surface area contributed by atoms with Crippen molar-refractivity contribution < 1.29 is 24.5 Å². The lowest BCUT2D eigenvalue weighted by Gasteiger charge is -2.32. The van der Waals surface area contributed by atoms with Gasteiger partial charge in [0.15, 0.2) is 6.61 Å². The van der Waals surface area contributed by atoms with Gasteiger partial charge in [0.25, 0.3) is 0 Å². The first-order valence-electron chi connectivity index (χ1n) is 11.8. The van der Waals surface area contributed by atoms with E-state index in [1.807, 2.05) is 12.1 Å². The molecule has 0 aromatic heterocycles. The van der Waals surface area contributed by atoms with Crippen LogP contribution in [0.3, 0.4) is 0 Å². The van der Waals surface area contributed by atoms with Gasteiger partial charge in [-0.1, -0.05) is 38.3 Å². The molecule has 0 heterocycles. The Morgan fingerprint density at radius 1 is 1.20 bits per heavy atom. The average Bonchev–Trinajstić information content (AvgIpc) is 3.03. The molecule has 5 atom stereocenters. The second-order valence-electron chi connectivity index (χ2n) is 9.01. The minimum atomic E-state index is -0.349. The van der Waals surface area contributed by atoms with Crippen molar-refractivity contribution in [2.24, 2.45) is 17.8 Å². The number of ether oxygens (including phenoxy) is 2.